The molecule has 1 atom stereocenters. The van der Waals surface area contributed by atoms with E-state index in [1.807, 2.05) is 0 Å². The zero-order chi connectivity index (χ0) is 15.8. The van der Waals surface area contributed by atoms with Crippen LogP contribution in [0.4, 0.5) is 0 Å². The van der Waals surface area contributed by atoms with E-state index in [1.165, 1.54) is 0 Å². The highest BCUT2D eigenvalue weighted by Crippen LogP contribution is 2.08. The molecular formula is C16H34O5. The zero-order valence-corrected chi connectivity index (χ0v) is 14.3. The average molecular weight is 306 g/mol. The summed E-state index contributed by atoms with van der Waals surface area (Å²) in [4.78, 5) is 0. The molecule has 128 valence electrons. The van der Waals surface area contributed by atoms with E-state index < -0.39 is 0 Å². The van der Waals surface area contributed by atoms with Gasteiger partial charge in [0.15, 0.2) is 6.29 Å². The van der Waals surface area contributed by atoms with Crippen molar-refractivity contribution in [1.82, 2.24) is 0 Å². The van der Waals surface area contributed by atoms with Crippen LogP contribution in [-0.2, 0) is 23.7 Å². The van der Waals surface area contributed by atoms with E-state index in [4.69, 9.17) is 23.7 Å². The molecule has 0 aromatic carbocycles. The quantitative estimate of drug-likeness (QED) is 0.324. The van der Waals surface area contributed by atoms with Gasteiger partial charge in [0, 0.05) is 19.1 Å². The van der Waals surface area contributed by atoms with Crippen LogP contribution in [0.1, 0.15) is 40.5 Å². The molecule has 0 radical (unpaired) electrons. The summed E-state index contributed by atoms with van der Waals surface area (Å²) in [5.41, 5.74) is 0. The maximum atomic E-state index is 5.69. The molecule has 0 heterocycles. The summed E-state index contributed by atoms with van der Waals surface area (Å²) >= 11 is 0. The van der Waals surface area contributed by atoms with Gasteiger partial charge in [0.2, 0.25) is 0 Å². The van der Waals surface area contributed by atoms with Gasteiger partial charge < -0.3 is 23.7 Å². The lowest BCUT2D eigenvalue weighted by Gasteiger charge is -2.22. The number of rotatable bonds is 16. The summed E-state index contributed by atoms with van der Waals surface area (Å²) in [6, 6.07) is 0. The Morgan fingerprint density at radius 2 is 0.952 bits per heavy atom. The number of ether oxygens (including phenoxy) is 5. The van der Waals surface area contributed by atoms with Crippen LogP contribution in [0, 0.1) is 5.92 Å². The molecule has 0 N–H and O–H groups in total. The Hall–Kier alpha value is -0.200. The molecule has 0 fully saturated rings. The molecule has 21 heavy (non-hydrogen) atoms. The van der Waals surface area contributed by atoms with Gasteiger partial charge in [0.05, 0.1) is 39.6 Å². The van der Waals surface area contributed by atoms with E-state index in [0.717, 1.165) is 26.1 Å². The van der Waals surface area contributed by atoms with Gasteiger partial charge in [-0.25, -0.2) is 0 Å². The topological polar surface area (TPSA) is 46.2 Å². The maximum absolute atomic E-state index is 5.69. The Kier molecular flexibility index (Phi) is 16.0. The Labute approximate surface area is 130 Å². The van der Waals surface area contributed by atoms with E-state index in [-0.39, 0.29) is 6.29 Å². The van der Waals surface area contributed by atoms with E-state index >= 15 is 0 Å². The molecule has 0 aliphatic carbocycles. The predicted octanol–water partition coefficient (Wildman–Crippen LogP) is 2.87. The third-order valence-corrected chi connectivity index (χ3v) is 2.63. The van der Waals surface area contributed by atoms with Crippen LogP contribution in [-0.4, -0.2) is 59.1 Å². The van der Waals surface area contributed by atoms with Gasteiger partial charge in [-0.2, -0.15) is 0 Å². The van der Waals surface area contributed by atoms with Crippen molar-refractivity contribution >= 4 is 0 Å². The first-order chi connectivity index (χ1) is 10.2. The molecular weight excluding hydrogens is 272 g/mol. The summed E-state index contributed by atoms with van der Waals surface area (Å²) < 4.78 is 27.5. The monoisotopic (exact) mass is 306 g/mol. The van der Waals surface area contributed by atoms with Crippen molar-refractivity contribution in [2.24, 2.45) is 5.92 Å². The van der Waals surface area contributed by atoms with Crippen LogP contribution in [0.5, 0.6) is 0 Å². The third-order valence-electron chi connectivity index (χ3n) is 2.63. The molecule has 0 saturated carbocycles. The second-order valence-corrected chi connectivity index (χ2v) is 5.19. The van der Waals surface area contributed by atoms with Crippen molar-refractivity contribution < 1.29 is 23.7 Å². The van der Waals surface area contributed by atoms with Gasteiger partial charge in [-0.15, -0.1) is 0 Å². The fourth-order valence-electron chi connectivity index (χ4n) is 1.59. The Balaban J connectivity index is 3.47. The first-order valence-corrected chi connectivity index (χ1v) is 8.18. The minimum absolute atomic E-state index is 0.199. The first kappa shape index (κ1) is 20.8. The lowest BCUT2D eigenvalue weighted by molar-refractivity contribution is -0.179. The summed E-state index contributed by atoms with van der Waals surface area (Å²) in [7, 11) is 0. The predicted molar refractivity (Wildman–Crippen MR) is 83.6 cm³/mol. The molecule has 5 heteroatoms. The Bertz CT molecular complexity index is 199. The number of hydrogen-bond acceptors (Lipinski definition) is 5. The van der Waals surface area contributed by atoms with Crippen molar-refractivity contribution in [2.45, 2.75) is 46.8 Å². The Morgan fingerprint density at radius 1 is 0.571 bits per heavy atom. The standard InChI is InChI=1S/C16H34O5/c1-5-7-17-9-10-19-12-14-21-16(15(3)4)20-13-11-18-8-6-2/h15-16H,5-14H2,1-4H3. The fraction of sp³-hybridized carbons (Fsp3) is 1.00. The highest BCUT2D eigenvalue weighted by Gasteiger charge is 2.13. The van der Waals surface area contributed by atoms with Crippen LogP contribution in [0.15, 0.2) is 0 Å². The van der Waals surface area contributed by atoms with E-state index in [0.29, 0.717) is 45.6 Å². The largest absolute Gasteiger partial charge is 0.379 e. The zero-order valence-electron chi connectivity index (χ0n) is 14.3. The average Bonchev–Trinajstić information content (AvgIpc) is 2.47. The third kappa shape index (κ3) is 14.5. The van der Waals surface area contributed by atoms with Gasteiger partial charge in [-0.05, 0) is 12.8 Å². The van der Waals surface area contributed by atoms with E-state index in [2.05, 4.69) is 27.7 Å². The van der Waals surface area contributed by atoms with Gasteiger partial charge in [0.25, 0.3) is 0 Å². The maximum Gasteiger partial charge on any atom is 0.160 e. The van der Waals surface area contributed by atoms with Crippen molar-refractivity contribution in [3.05, 3.63) is 0 Å². The van der Waals surface area contributed by atoms with E-state index in [9.17, 15) is 0 Å². The molecule has 0 aliphatic rings. The molecule has 0 aromatic heterocycles. The van der Waals surface area contributed by atoms with Gasteiger partial charge in [0.1, 0.15) is 0 Å². The smallest absolute Gasteiger partial charge is 0.160 e. The Morgan fingerprint density at radius 3 is 1.33 bits per heavy atom. The van der Waals surface area contributed by atoms with Crippen molar-refractivity contribution in [3.8, 4) is 0 Å². The highest BCUT2D eigenvalue weighted by molar-refractivity contribution is 4.51. The van der Waals surface area contributed by atoms with Crippen LogP contribution in [0.25, 0.3) is 0 Å². The van der Waals surface area contributed by atoms with Crippen LogP contribution >= 0.6 is 0 Å². The van der Waals surface area contributed by atoms with Gasteiger partial charge in [-0.1, -0.05) is 27.7 Å². The van der Waals surface area contributed by atoms with Gasteiger partial charge >= 0.3 is 0 Å². The van der Waals surface area contributed by atoms with Crippen LogP contribution in [0.3, 0.4) is 0 Å². The number of hydrogen-bond donors (Lipinski definition) is 0. The summed E-state index contributed by atoms with van der Waals surface area (Å²) in [5, 5.41) is 0. The highest BCUT2D eigenvalue weighted by atomic mass is 16.7. The molecule has 0 aliphatic heterocycles. The fourth-order valence-corrected chi connectivity index (χ4v) is 1.59. The molecule has 0 amide bonds. The molecule has 1 unspecified atom stereocenters. The van der Waals surface area contributed by atoms with Crippen LogP contribution in [0.2, 0.25) is 0 Å². The molecule has 5 nitrogen and oxygen atoms in total. The molecule has 0 spiro atoms. The molecule has 0 bridgehead atoms. The summed E-state index contributed by atoms with van der Waals surface area (Å²) in [6.45, 7) is 13.5. The first-order valence-electron chi connectivity index (χ1n) is 8.18. The minimum Gasteiger partial charge on any atom is -0.379 e. The molecule has 0 rings (SSSR count). The normalized spacial score (nSPS) is 13.0. The molecule has 0 aromatic rings. The van der Waals surface area contributed by atoms with E-state index in [1.54, 1.807) is 0 Å². The van der Waals surface area contributed by atoms with Crippen LogP contribution < -0.4 is 0 Å². The van der Waals surface area contributed by atoms with Crippen molar-refractivity contribution in [2.75, 3.05) is 52.9 Å². The second kappa shape index (κ2) is 16.2. The summed E-state index contributed by atoms with van der Waals surface area (Å²) in [5.74, 6) is 0.309. The van der Waals surface area contributed by atoms with Crippen molar-refractivity contribution in [1.29, 1.82) is 0 Å². The minimum atomic E-state index is -0.199. The summed E-state index contributed by atoms with van der Waals surface area (Å²) in [6.07, 6.45) is 1.87. The molecule has 0 saturated heterocycles. The van der Waals surface area contributed by atoms with Gasteiger partial charge in [-0.3, -0.25) is 0 Å². The second-order valence-electron chi connectivity index (χ2n) is 5.19. The van der Waals surface area contributed by atoms with Crippen molar-refractivity contribution in [3.63, 3.8) is 0 Å². The lowest BCUT2D eigenvalue weighted by atomic mass is 10.2. The lowest BCUT2D eigenvalue weighted by Crippen LogP contribution is -2.27. The SMILES string of the molecule is CCCOCCOCCOC(OCCOCCC)C(C)C.